The Kier molecular flexibility index (Phi) is 6.39. The van der Waals surface area contributed by atoms with Crippen LogP contribution < -0.4 is 5.32 Å². The van der Waals surface area contributed by atoms with Crippen LogP contribution in [0.2, 0.25) is 0 Å². The Bertz CT molecular complexity index is 417. The lowest BCUT2D eigenvalue weighted by Gasteiger charge is -2.19. The molecule has 20 heavy (non-hydrogen) atoms. The number of nitrogens with one attached hydrogen (secondary N) is 1. The summed E-state index contributed by atoms with van der Waals surface area (Å²) >= 11 is 0. The van der Waals surface area contributed by atoms with Crippen LogP contribution in [0.3, 0.4) is 0 Å². The fraction of sp³-hybridized carbons (Fsp3) is 0.571. The fourth-order valence-corrected chi connectivity index (χ4v) is 1.91. The second-order valence-corrected chi connectivity index (χ2v) is 4.76. The molecule has 1 unspecified atom stereocenters. The van der Waals surface area contributed by atoms with E-state index in [1.807, 2.05) is 6.92 Å². The minimum atomic E-state index is -4.21. The summed E-state index contributed by atoms with van der Waals surface area (Å²) in [5, 5.41) is 3.01. The number of halogens is 5. The van der Waals surface area contributed by atoms with Gasteiger partial charge in [0.25, 0.3) is 0 Å². The van der Waals surface area contributed by atoms with E-state index < -0.39 is 30.3 Å². The van der Waals surface area contributed by atoms with Gasteiger partial charge in [-0.3, -0.25) is 0 Å². The van der Waals surface area contributed by atoms with Gasteiger partial charge in [-0.2, -0.15) is 13.2 Å². The van der Waals surface area contributed by atoms with Gasteiger partial charge < -0.3 is 5.32 Å². The molecule has 0 saturated carbocycles. The molecule has 0 fully saturated rings. The van der Waals surface area contributed by atoms with Gasteiger partial charge in [0.15, 0.2) is 11.6 Å². The molecular formula is C14H18F5N. The molecule has 1 nitrogen and oxygen atoms in total. The first-order chi connectivity index (χ1) is 9.31. The predicted octanol–water partition coefficient (Wildman–Crippen LogP) is 4.22. The van der Waals surface area contributed by atoms with Gasteiger partial charge in [0.05, 0.1) is 0 Å². The smallest absolute Gasteiger partial charge is 0.314 e. The summed E-state index contributed by atoms with van der Waals surface area (Å²) in [6, 6.07) is 3.02. The molecule has 0 aromatic heterocycles. The first-order valence-corrected chi connectivity index (χ1v) is 6.56. The van der Waals surface area contributed by atoms with Gasteiger partial charge in [-0.05, 0) is 43.5 Å². The Morgan fingerprint density at radius 2 is 1.85 bits per heavy atom. The van der Waals surface area contributed by atoms with Crippen molar-refractivity contribution in [1.29, 1.82) is 0 Å². The molecule has 114 valence electrons. The molecule has 0 saturated heterocycles. The van der Waals surface area contributed by atoms with Crippen molar-refractivity contribution < 1.29 is 22.0 Å². The van der Waals surface area contributed by atoms with Gasteiger partial charge in [-0.1, -0.05) is 13.0 Å². The van der Waals surface area contributed by atoms with Gasteiger partial charge in [-0.25, -0.2) is 8.78 Å². The van der Waals surface area contributed by atoms with Crippen molar-refractivity contribution >= 4 is 0 Å². The summed E-state index contributed by atoms with van der Waals surface area (Å²) in [5.41, 5.74) is 0.486. The van der Waals surface area contributed by atoms with Gasteiger partial charge in [0.2, 0.25) is 0 Å². The number of benzene rings is 1. The van der Waals surface area contributed by atoms with Crippen LogP contribution in [0.4, 0.5) is 22.0 Å². The van der Waals surface area contributed by atoms with Crippen LogP contribution in [0.1, 0.15) is 31.7 Å². The lowest BCUT2D eigenvalue weighted by molar-refractivity contribution is -0.136. The molecule has 0 heterocycles. The van der Waals surface area contributed by atoms with Gasteiger partial charge in [0.1, 0.15) is 0 Å². The minimum Gasteiger partial charge on any atom is -0.314 e. The van der Waals surface area contributed by atoms with Crippen LogP contribution in [0.5, 0.6) is 0 Å². The number of rotatable bonds is 7. The van der Waals surface area contributed by atoms with E-state index >= 15 is 0 Å². The van der Waals surface area contributed by atoms with Crippen LogP contribution in [-0.4, -0.2) is 18.8 Å². The maximum atomic E-state index is 13.1. The number of hydrogen-bond donors (Lipinski definition) is 1. The Balaban J connectivity index is 2.65. The molecule has 1 atom stereocenters. The monoisotopic (exact) mass is 295 g/mol. The van der Waals surface area contributed by atoms with Crippen molar-refractivity contribution in [2.45, 2.75) is 44.8 Å². The largest absolute Gasteiger partial charge is 0.389 e. The summed E-state index contributed by atoms with van der Waals surface area (Å²) < 4.78 is 62.7. The lowest BCUT2D eigenvalue weighted by Crippen LogP contribution is -2.33. The van der Waals surface area contributed by atoms with Crippen molar-refractivity contribution in [2.75, 3.05) is 6.54 Å². The second-order valence-electron chi connectivity index (χ2n) is 4.76. The standard InChI is InChI=1S/C14H18F5N/c1-2-7-20-11(5-6-14(17,18)19)8-10-3-4-12(15)13(16)9-10/h3-4,9,11,20H,2,5-8H2,1H3. The fourth-order valence-electron chi connectivity index (χ4n) is 1.91. The van der Waals surface area contributed by atoms with E-state index in [9.17, 15) is 22.0 Å². The van der Waals surface area contributed by atoms with Crippen LogP contribution >= 0.6 is 0 Å². The van der Waals surface area contributed by atoms with Gasteiger partial charge in [0, 0.05) is 12.5 Å². The SMILES string of the molecule is CCCNC(CCC(F)(F)F)Cc1ccc(F)c(F)c1. The predicted molar refractivity (Wildman–Crippen MR) is 67.4 cm³/mol. The van der Waals surface area contributed by atoms with Crippen molar-refractivity contribution in [3.05, 3.63) is 35.4 Å². The van der Waals surface area contributed by atoms with E-state index in [0.29, 0.717) is 12.1 Å². The summed E-state index contributed by atoms with van der Waals surface area (Å²) in [4.78, 5) is 0. The van der Waals surface area contributed by atoms with E-state index in [-0.39, 0.29) is 12.8 Å². The highest BCUT2D eigenvalue weighted by Crippen LogP contribution is 2.23. The molecule has 1 rings (SSSR count). The van der Waals surface area contributed by atoms with Crippen molar-refractivity contribution in [1.82, 2.24) is 5.32 Å². The molecule has 0 aliphatic rings. The van der Waals surface area contributed by atoms with E-state index in [1.165, 1.54) is 6.07 Å². The third-order valence-corrected chi connectivity index (χ3v) is 2.93. The molecule has 0 bridgehead atoms. The highest BCUT2D eigenvalue weighted by atomic mass is 19.4. The van der Waals surface area contributed by atoms with E-state index in [0.717, 1.165) is 18.6 Å². The molecule has 0 aliphatic heterocycles. The number of alkyl halides is 3. The molecule has 1 aromatic rings. The quantitative estimate of drug-likeness (QED) is 0.743. The Morgan fingerprint density at radius 3 is 2.40 bits per heavy atom. The normalized spacial score (nSPS) is 13.5. The summed E-state index contributed by atoms with van der Waals surface area (Å²) in [6.45, 7) is 2.50. The molecule has 0 amide bonds. The third-order valence-electron chi connectivity index (χ3n) is 2.93. The van der Waals surface area contributed by atoms with Crippen LogP contribution in [0, 0.1) is 11.6 Å². The maximum absolute atomic E-state index is 13.1. The van der Waals surface area contributed by atoms with Crippen molar-refractivity contribution in [3.8, 4) is 0 Å². The average molecular weight is 295 g/mol. The lowest BCUT2D eigenvalue weighted by atomic mass is 10.0. The highest BCUT2D eigenvalue weighted by Gasteiger charge is 2.28. The minimum absolute atomic E-state index is 0.0809. The Labute approximate surface area is 115 Å². The zero-order valence-corrected chi connectivity index (χ0v) is 11.2. The van der Waals surface area contributed by atoms with Crippen LogP contribution in [0.15, 0.2) is 18.2 Å². The molecule has 1 aromatic carbocycles. The van der Waals surface area contributed by atoms with E-state index in [1.54, 1.807) is 0 Å². The third kappa shape index (κ3) is 6.32. The van der Waals surface area contributed by atoms with Gasteiger partial charge in [-0.15, -0.1) is 0 Å². The molecule has 0 aliphatic carbocycles. The van der Waals surface area contributed by atoms with Crippen LogP contribution in [0.25, 0.3) is 0 Å². The Hall–Kier alpha value is -1.17. The number of hydrogen-bond acceptors (Lipinski definition) is 1. The van der Waals surface area contributed by atoms with E-state index in [4.69, 9.17) is 0 Å². The molecule has 1 N–H and O–H groups in total. The molecular weight excluding hydrogens is 277 g/mol. The summed E-state index contributed by atoms with van der Waals surface area (Å²) in [7, 11) is 0. The van der Waals surface area contributed by atoms with E-state index in [2.05, 4.69) is 5.32 Å². The summed E-state index contributed by atoms with van der Waals surface area (Å²) in [5.74, 6) is -1.94. The second kappa shape index (κ2) is 7.57. The Morgan fingerprint density at radius 1 is 1.15 bits per heavy atom. The van der Waals surface area contributed by atoms with Crippen molar-refractivity contribution in [3.63, 3.8) is 0 Å². The maximum Gasteiger partial charge on any atom is 0.389 e. The first-order valence-electron chi connectivity index (χ1n) is 6.56. The first kappa shape index (κ1) is 16.9. The topological polar surface area (TPSA) is 12.0 Å². The molecule has 6 heteroatoms. The zero-order chi connectivity index (χ0) is 15.2. The highest BCUT2D eigenvalue weighted by molar-refractivity contribution is 5.18. The van der Waals surface area contributed by atoms with Crippen molar-refractivity contribution in [2.24, 2.45) is 0 Å². The van der Waals surface area contributed by atoms with Gasteiger partial charge >= 0.3 is 6.18 Å². The average Bonchev–Trinajstić information content (AvgIpc) is 2.36. The molecule has 0 spiro atoms. The summed E-state index contributed by atoms with van der Waals surface area (Å²) in [6.07, 6.45) is -4.14. The molecule has 0 radical (unpaired) electrons. The van der Waals surface area contributed by atoms with Crippen LogP contribution in [-0.2, 0) is 6.42 Å². The zero-order valence-electron chi connectivity index (χ0n) is 11.2.